The molecule has 0 fully saturated rings. The molecule has 0 aliphatic rings. The SMILES string of the molecule is CCC(C)CC(=O)c1cnc2ccsc2c1. The quantitative estimate of drug-likeness (QED) is 0.749. The van der Waals surface area contributed by atoms with Crippen molar-refractivity contribution in [3.05, 3.63) is 29.3 Å². The smallest absolute Gasteiger partial charge is 0.164 e. The number of fused-ring (bicyclic) bond motifs is 1. The molecule has 16 heavy (non-hydrogen) atoms. The highest BCUT2D eigenvalue weighted by atomic mass is 32.1. The largest absolute Gasteiger partial charge is 0.294 e. The van der Waals surface area contributed by atoms with Gasteiger partial charge in [0.05, 0.1) is 10.2 Å². The third-order valence-corrected chi connectivity index (χ3v) is 3.71. The van der Waals surface area contributed by atoms with Gasteiger partial charge in [-0.2, -0.15) is 0 Å². The van der Waals surface area contributed by atoms with E-state index in [4.69, 9.17) is 0 Å². The van der Waals surface area contributed by atoms with Gasteiger partial charge in [-0.1, -0.05) is 20.3 Å². The first-order chi connectivity index (χ1) is 7.70. The summed E-state index contributed by atoms with van der Waals surface area (Å²) in [6.07, 6.45) is 3.36. The van der Waals surface area contributed by atoms with Gasteiger partial charge in [0.1, 0.15) is 0 Å². The van der Waals surface area contributed by atoms with Crippen molar-refractivity contribution in [2.45, 2.75) is 26.7 Å². The van der Waals surface area contributed by atoms with Crippen LogP contribution >= 0.6 is 11.3 Å². The highest BCUT2D eigenvalue weighted by Crippen LogP contribution is 2.21. The maximum atomic E-state index is 11.9. The number of carbonyl (C=O) groups excluding carboxylic acids is 1. The van der Waals surface area contributed by atoms with Crippen molar-refractivity contribution in [3.8, 4) is 0 Å². The Hall–Kier alpha value is -1.22. The van der Waals surface area contributed by atoms with Crippen LogP contribution in [0, 0.1) is 5.92 Å². The highest BCUT2D eigenvalue weighted by Gasteiger charge is 2.11. The molecule has 0 N–H and O–H groups in total. The normalized spacial score (nSPS) is 12.9. The summed E-state index contributed by atoms with van der Waals surface area (Å²) in [7, 11) is 0. The third-order valence-electron chi connectivity index (χ3n) is 2.86. The van der Waals surface area contributed by atoms with Crippen LogP contribution in [-0.2, 0) is 0 Å². The Labute approximate surface area is 99.3 Å². The summed E-state index contributed by atoms with van der Waals surface area (Å²) >= 11 is 1.63. The van der Waals surface area contributed by atoms with Crippen LogP contribution in [0.2, 0.25) is 0 Å². The monoisotopic (exact) mass is 233 g/mol. The standard InChI is InChI=1S/C13H15NOS/c1-3-9(2)6-12(15)10-7-13-11(14-8-10)4-5-16-13/h4-5,7-9H,3,6H2,1-2H3. The molecule has 2 heterocycles. The molecule has 0 saturated carbocycles. The summed E-state index contributed by atoms with van der Waals surface area (Å²) < 4.78 is 1.09. The van der Waals surface area contributed by atoms with E-state index >= 15 is 0 Å². The van der Waals surface area contributed by atoms with E-state index in [1.54, 1.807) is 17.5 Å². The zero-order chi connectivity index (χ0) is 11.5. The number of carbonyl (C=O) groups is 1. The van der Waals surface area contributed by atoms with E-state index in [0.29, 0.717) is 12.3 Å². The Balaban J connectivity index is 2.22. The number of ketones is 1. The summed E-state index contributed by atoms with van der Waals surface area (Å²) in [6, 6.07) is 3.93. The van der Waals surface area contributed by atoms with E-state index in [9.17, 15) is 4.79 Å². The second-order valence-electron chi connectivity index (χ2n) is 4.17. The van der Waals surface area contributed by atoms with E-state index in [1.807, 2.05) is 17.5 Å². The van der Waals surface area contributed by atoms with Crippen LogP contribution in [0.4, 0.5) is 0 Å². The van der Waals surface area contributed by atoms with Gasteiger partial charge < -0.3 is 0 Å². The van der Waals surface area contributed by atoms with Crippen molar-refractivity contribution in [2.75, 3.05) is 0 Å². The Morgan fingerprint density at radius 3 is 3.12 bits per heavy atom. The van der Waals surface area contributed by atoms with Crippen molar-refractivity contribution in [1.29, 1.82) is 0 Å². The second kappa shape index (κ2) is 4.74. The predicted molar refractivity (Wildman–Crippen MR) is 68.0 cm³/mol. The van der Waals surface area contributed by atoms with Crippen LogP contribution in [0.25, 0.3) is 10.2 Å². The maximum Gasteiger partial charge on any atom is 0.164 e. The van der Waals surface area contributed by atoms with E-state index in [-0.39, 0.29) is 5.78 Å². The summed E-state index contributed by atoms with van der Waals surface area (Å²) in [5.41, 5.74) is 1.72. The van der Waals surface area contributed by atoms with Crippen LogP contribution in [-0.4, -0.2) is 10.8 Å². The van der Waals surface area contributed by atoms with Crippen molar-refractivity contribution in [2.24, 2.45) is 5.92 Å². The number of nitrogens with zero attached hydrogens (tertiary/aromatic N) is 1. The molecule has 2 aromatic heterocycles. The van der Waals surface area contributed by atoms with E-state index in [0.717, 1.165) is 22.2 Å². The fraction of sp³-hybridized carbons (Fsp3) is 0.385. The van der Waals surface area contributed by atoms with Gasteiger partial charge in [0, 0.05) is 18.2 Å². The van der Waals surface area contributed by atoms with Crippen LogP contribution in [0.5, 0.6) is 0 Å². The van der Waals surface area contributed by atoms with Crippen LogP contribution < -0.4 is 0 Å². The molecule has 0 bridgehead atoms. The average molecular weight is 233 g/mol. The minimum Gasteiger partial charge on any atom is -0.294 e. The number of hydrogen-bond donors (Lipinski definition) is 0. The number of thiophene rings is 1. The fourth-order valence-electron chi connectivity index (χ4n) is 1.58. The number of rotatable bonds is 4. The zero-order valence-electron chi connectivity index (χ0n) is 9.56. The van der Waals surface area contributed by atoms with Gasteiger partial charge in [-0.25, -0.2) is 0 Å². The molecule has 3 heteroatoms. The lowest BCUT2D eigenvalue weighted by Crippen LogP contribution is -2.05. The number of aromatic nitrogens is 1. The fourth-order valence-corrected chi connectivity index (χ4v) is 2.36. The van der Waals surface area contributed by atoms with Crippen LogP contribution in [0.3, 0.4) is 0 Å². The zero-order valence-corrected chi connectivity index (χ0v) is 10.4. The molecule has 0 radical (unpaired) electrons. The van der Waals surface area contributed by atoms with Crippen LogP contribution in [0.1, 0.15) is 37.0 Å². The summed E-state index contributed by atoms with van der Waals surface area (Å²) in [4.78, 5) is 16.2. The van der Waals surface area contributed by atoms with E-state index < -0.39 is 0 Å². The molecule has 1 atom stereocenters. The molecular weight excluding hydrogens is 218 g/mol. The first kappa shape index (κ1) is 11.3. The molecule has 0 aliphatic carbocycles. The van der Waals surface area contributed by atoms with E-state index in [1.165, 1.54) is 0 Å². The average Bonchev–Trinajstić information content (AvgIpc) is 2.75. The Bertz CT molecular complexity index is 503. The van der Waals surface area contributed by atoms with Crippen molar-refractivity contribution < 1.29 is 4.79 Å². The molecule has 2 nitrogen and oxygen atoms in total. The van der Waals surface area contributed by atoms with E-state index in [2.05, 4.69) is 18.8 Å². The Morgan fingerprint density at radius 2 is 2.38 bits per heavy atom. The Kier molecular flexibility index (Phi) is 3.34. The van der Waals surface area contributed by atoms with Gasteiger partial charge in [-0.15, -0.1) is 11.3 Å². The topological polar surface area (TPSA) is 30.0 Å². The molecular formula is C13H15NOS. The maximum absolute atomic E-state index is 11.9. The van der Waals surface area contributed by atoms with Gasteiger partial charge >= 0.3 is 0 Å². The lowest BCUT2D eigenvalue weighted by Gasteiger charge is -2.06. The number of hydrogen-bond acceptors (Lipinski definition) is 3. The van der Waals surface area contributed by atoms with Crippen molar-refractivity contribution in [1.82, 2.24) is 4.98 Å². The third kappa shape index (κ3) is 2.30. The van der Waals surface area contributed by atoms with Gasteiger partial charge in [0.2, 0.25) is 0 Å². The van der Waals surface area contributed by atoms with Gasteiger partial charge in [-0.3, -0.25) is 9.78 Å². The first-order valence-electron chi connectivity index (χ1n) is 5.57. The van der Waals surface area contributed by atoms with Gasteiger partial charge in [0.25, 0.3) is 0 Å². The van der Waals surface area contributed by atoms with Gasteiger partial charge in [-0.05, 0) is 23.4 Å². The molecule has 1 unspecified atom stereocenters. The lowest BCUT2D eigenvalue weighted by molar-refractivity contribution is 0.0963. The molecule has 0 aliphatic heterocycles. The summed E-state index contributed by atoms with van der Waals surface area (Å²) in [5.74, 6) is 0.656. The highest BCUT2D eigenvalue weighted by molar-refractivity contribution is 7.17. The molecule has 0 aromatic carbocycles. The molecule has 2 rings (SSSR count). The van der Waals surface area contributed by atoms with Crippen LogP contribution in [0.15, 0.2) is 23.7 Å². The summed E-state index contributed by atoms with van der Waals surface area (Å²) in [6.45, 7) is 4.22. The molecule has 0 spiro atoms. The minimum absolute atomic E-state index is 0.206. The Morgan fingerprint density at radius 1 is 1.56 bits per heavy atom. The first-order valence-corrected chi connectivity index (χ1v) is 6.45. The number of Topliss-reactive ketones (excluding diaryl/α,β-unsaturated/α-hetero) is 1. The molecule has 0 amide bonds. The predicted octanol–water partition coefficient (Wildman–Crippen LogP) is 3.92. The second-order valence-corrected chi connectivity index (χ2v) is 5.12. The molecule has 2 aromatic rings. The lowest BCUT2D eigenvalue weighted by atomic mass is 9.99. The molecule has 84 valence electrons. The van der Waals surface area contributed by atoms with Crippen molar-refractivity contribution >= 4 is 27.3 Å². The summed E-state index contributed by atoms with van der Waals surface area (Å²) in [5, 5.41) is 2.00. The minimum atomic E-state index is 0.206. The van der Waals surface area contributed by atoms with Crippen molar-refractivity contribution in [3.63, 3.8) is 0 Å². The number of pyridine rings is 1. The van der Waals surface area contributed by atoms with Gasteiger partial charge in [0.15, 0.2) is 5.78 Å². The molecule has 0 saturated heterocycles.